The molecule has 0 amide bonds. The maximum absolute atomic E-state index is 6.09. The molecule has 0 spiro atoms. The van der Waals surface area contributed by atoms with E-state index < -0.39 is 9.76 Å². The lowest BCUT2D eigenvalue weighted by Crippen LogP contribution is -2.21. The van der Waals surface area contributed by atoms with Crippen LogP contribution in [-0.4, -0.2) is 16.4 Å². The highest BCUT2D eigenvalue weighted by atomic mass is 28.2. The first-order valence-electron chi connectivity index (χ1n) is 10.1. The Hall–Kier alpha value is -2.88. The molecule has 0 unspecified atom stereocenters. The highest BCUT2D eigenvalue weighted by Gasteiger charge is 2.12. The lowest BCUT2D eigenvalue weighted by Gasteiger charge is -2.25. The number of nitrogens with zero attached hydrogens (tertiary/aromatic N) is 1. The van der Waals surface area contributed by atoms with Gasteiger partial charge in [0, 0.05) is 23.7 Å². The molecule has 0 aliphatic rings. The number of allylic oxidation sites excluding steroid dienone is 2. The molecular weight excluding hydrogens is 370 g/mol. The molecule has 2 nitrogen and oxygen atoms in total. The number of benzene rings is 3. The van der Waals surface area contributed by atoms with Crippen LogP contribution in [-0.2, 0) is 4.43 Å². The van der Waals surface area contributed by atoms with E-state index in [0.29, 0.717) is 5.92 Å². The van der Waals surface area contributed by atoms with Crippen LogP contribution in [0.5, 0.6) is 0 Å². The standard InChI is InChI=1S/C26H29NOSi/c1-3-11-22(12-4-2)21-28-29-26-19-17-25(18-20-26)27(23-13-7-5-8-14-23)24-15-9-6-10-16-24/h3-10,13-20,22H,1-2,11-12,21,29H2. The van der Waals surface area contributed by atoms with Crippen molar-refractivity contribution in [2.24, 2.45) is 5.92 Å². The van der Waals surface area contributed by atoms with Crippen molar-refractivity contribution < 1.29 is 4.43 Å². The fourth-order valence-corrected chi connectivity index (χ4v) is 4.50. The molecule has 3 aromatic rings. The molecule has 3 aromatic carbocycles. The number of rotatable bonds is 11. The van der Waals surface area contributed by atoms with Gasteiger partial charge in [0.05, 0.1) is 0 Å². The van der Waals surface area contributed by atoms with Gasteiger partial charge in [-0.1, -0.05) is 60.7 Å². The first kappa shape index (κ1) is 20.8. The second-order valence-corrected chi connectivity index (χ2v) is 8.62. The van der Waals surface area contributed by atoms with E-state index in [1.807, 2.05) is 24.3 Å². The summed E-state index contributed by atoms with van der Waals surface area (Å²) in [5.74, 6) is 0.489. The van der Waals surface area contributed by atoms with Crippen LogP contribution in [0.25, 0.3) is 0 Å². The van der Waals surface area contributed by atoms with E-state index in [0.717, 1.165) is 36.5 Å². The maximum atomic E-state index is 6.09. The first-order valence-corrected chi connectivity index (χ1v) is 11.4. The van der Waals surface area contributed by atoms with Crippen molar-refractivity contribution in [3.63, 3.8) is 0 Å². The molecule has 0 saturated heterocycles. The predicted octanol–water partition coefficient (Wildman–Crippen LogP) is 5.65. The van der Waals surface area contributed by atoms with Crippen molar-refractivity contribution in [3.05, 3.63) is 110 Å². The van der Waals surface area contributed by atoms with Crippen LogP contribution in [0.2, 0.25) is 0 Å². The van der Waals surface area contributed by atoms with Crippen LogP contribution in [0.15, 0.2) is 110 Å². The Morgan fingerprint density at radius 1 is 0.724 bits per heavy atom. The second-order valence-electron chi connectivity index (χ2n) is 7.10. The first-order chi connectivity index (χ1) is 14.3. The summed E-state index contributed by atoms with van der Waals surface area (Å²) in [6.45, 7) is 8.47. The minimum Gasteiger partial charge on any atom is -0.418 e. The highest BCUT2D eigenvalue weighted by Crippen LogP contribution is 2.33. The number of hydrogen-bond acceptors (Lipinski definition) is 2. The molecule has 0 radical (unpaired) electrons. The van der Waals surface area contributed by atoms with Gasteiger partial charge in [0.15, 0.2) is 9.76 Å². The van der Waals surface area contributed by atoms with Gasteiger partial charge in [0.2, 0.25) is 0 Å². The predicted molar refractivity (Wildman–Crippen MR) is 128 cm³/mol. The molecule has 3 heteroatoms. The molecule has 0 N–H and O–H groups in total. The Balaban J connectivity index is 1.71. The third kappa shape index (κ3) is 6.05. The van der Waals surface area contributed by atoms with E-state index in [2.05, 4.69) is 90.9 Å². The van der Waals surface area contributed by atoms with Crippen LogP contribution in [0.3, 0.4) is 0 Å². The molecule has 29 heavy (non-hydrogen) atoms. The summed E-state index contributed by atoms with van der Waals surface area (Å²) < 4.78 is 6.09. The molecule has 0 bridgehead atoms. The summed E-state index contributed by atoms with van der Waals surface area (Å²) in [5.41, 5.74) is 3.45. The monoisotopic (exact) mass is 399 g/mol. The Morgan fingerprint density at radius 3 is 1.69 bits per heavy atom. The molecule has 3 rings (SSSR count). The minimum atomic E-state index is -0.741. The molecule has 0 saturated carbocycles. The quantitative estimate of drug-likeness (QED) is 0.305. The molecule has 0 aliphatic carbocycles. The molecular formula is C26H29NOSi. The number of anilines is 3. The average Bonchev–Trinajstić information content (AvgIpc) is 2.77. The molecule has 0 aliphatic heterocycles. The van der Waals surface area contributed by atoms with Crippen LogP contribution in [0, 0.1) is 5.92 Å². The van der Waals surface area contributed by atoms with Gasteiger partial charge in [0.25, 0.3) is 0 Å². The Bertz CT molecular complexity index is 828. The molecule has 0 aromatic heterocycles. The van der Waals surface area contributed by atoms with Crippen molar-refractivity contribution in [1.29, 1.82) is 0 Å². The second kappa shape index (κ2) is 11.2. The smallest absolute Gasteiger partial charge is 0.192 e. The zero-order valence-corrected chi connectivity index (χ0v) is 18.3. The van der Waals surface area contributed by atoms with Crippen LogP contribution in [0.4, 0.5) is 17.1 Å². The van der Waals surface area contributed by atoms with Gasteiger partial charge in [-0.3, -0.25) is 0 Å². The zero-order chi connectivity index (χ0) is 20.3. The Labute approximate surface area is 177 Å². The molecule has 0 atom stereocenters. The normalized spacial score (nSPS) is 11.1. The van der Waals surface area contributed by atoms with E-state index in [1.165, 1.54) is 5.19 Å². The summed E-state index contributed by atoms with van der Waals surface area (Å²) in [5, 5.41) is 1.31. The fourth-order valence-electron chi connectivity index (χ4n) is 3.39. The van der Waals surface area contributed by atoms with Crippen molar-refractivity contribution in [1.82, 2.24) is 0 Å². The zero-order valence-electron chi connectivity index (χ0n) is 16.9. The largest absolute Gasteiger partial charge is 0.418 e. The molecule has 148 valence electrons. The highest BCUT2D eigenvalue weighted by molar-refractivity contribution is 6.46. The maximum Gasteiger partial charge on any atom is 0.192 e. The van der Waals surface area contributed by atoms with Crippen LogP contribution in [0.1, 0.15) is 12.8 Å². The van der Waals surface area contributed by atoms with Crippen LogP contribution >= 0.6 is 0 Å². The third-order valence-corrected chi connectivity index (χ3v) is 6.09. The average molecular weight is 400 g/mol. The van der Waals surface area contributed by atoms with Gasteiger partial charge in [-0.15, -0.1) is 13.2 Å². The van der Waals surface area contributed by atoms with Gasteiger partial charge in [-0.2, -0.15) is 0 Å². The lowest BCUT2D eigenvalue weighted by atomic mass is 10.0. The van der Waals surface area contributed by atoms with Crippen molar-refractivity contribution in [3.8, 4) is 0 Å². The number of hydrogen-bond donors (Lipinski definition) is 0. The van der Waals surface area contributed by atoms with Gasteiger partial charge < -0.3 is 9.33 Å². The summed E-state index contributed by atoms with van der Waals surface area (Å²) in [6, 6.07) is 29.7. The summed E-state index contributed by atoms with van der Waals surface area (Å²) >= 11 is 0. The number of para-hydroxylation sites is 2. The summed E-state index contributed by atoms with van der Waals surface area (Å²) in [6.07, 6.45) is 5.89. The van der Waals surface area contributed by atoms with E-state index >= 15 is 0 Å². The SMILES string of the molecule is C=CCC(CC=C)CO[SiH2]c1ccc(N(c2ccccc2)c2ccccc2)cc1. The summed E-state index contributed by atoms with van der Waals surface area (Å²) in [4.78, 5) is 2.27. The van der Waals surface area contributed by atoms with Crippen LogP contribution < -0.4 is 10.1 Å². The lowest BCUT2D eigenvalue weighted by molar-refractivity contribution is 0.266. The molecule has 0 heterocycles. The fraction of sp³-hybridized carbons (Fsp3) is 0.154. The van der Waals surface area contributed by atoms with Gasteiger partial charge in [-0.05, 0) is 60.3 Å². The van der Waals surface area contributed by atoms with E-state index in [-0.39, 0.29) is 0 Å². The van der Waals surface area contributed by atoms with Crippen molar-refractivity contribution in [2.45, 2.75) is 12.8 Å². The Morgan fingerprint density at radius 2 is 1.21 bits per heavy atom. The molecule has 0 fully saturated rings. The van der Waals surface area contributed by atoms with Crippen molar-refractivity contribution >= 4 is 32.0 Å². The van der Waals surface area contributed by atoms with Gasteiger partial charge in [0.1, 0.15) is 0 Å². The van der Waals surface area contributed by atoms with Gasteiger partial charge >= 0.3 is 0 Å². The van der Waals surface area contributed by atoms with Crippen molar-refractivity contribution in [2.75, 3.05) is 11.5 Å². The summed E-state index contributed by atoms with van der Waals surface area (Å²) in [7, 11) is -0.741. The minimum absolute atomic E-state index is 0.489. The van der Waals surface area contributed by atoms with Gasteiger partial charge in [-0.25, -0.2) is 0 Å². The third-order valence-electron chi connectivity index (χ3n) is 4.85. The van der Waals surface area contributed by atoms with E-state index in [1.54, 1.807) is 0 Å². The topological polar surface area (TPSA) is 12.5 Å². The van der Waals surface area contributed by atoms with E-state index in [9.17, 15) is 0 Å². The van der Waals surface area contributed by atoms with E-state index in [4.69, 9.17) is 4.43 Å². The Kier molecular flexibility index (Phi) is 8.05.